The third-order valence-electron chi connectivity index (χ3n) is 9.36. The molecule has 0 aliphatic heterocycles. The quantitative estimate of drug-likeness (QED) is 0.0308. The van der Waals surface area contributed by atoms with Crippen LogP contribution in [0.25, 0.3) is 0 Å². The summed E-state index contributed by atoms with van der Waals surface area (Å²) in [7, 11) is -4.70. The van der Waals surface area contributed by atoms with Crippen molar-refractivity contribution < 1.29 is 47.5 Å². The molecule has 0 amide bonds. The molecule has 0 fully saturated rings. The van der Waals surface area contributed by atoms with Crippen molar-refractivity contribution in [3.05, 3.63) is 0 Å². The maximum atomic E-state index is 12.6. The molecule has 0 rings (SSSR count). The Bertz CT molecular complexity index is 906. The van der Waals surface area contributed by atoms with Crippen molar-refractivity contribution in [1.82, 2.24) is 0 Å². The Labute approximate surface area is 316 Å². The van der Waals surface area contributed by atoms with Gasteiger partial charge in [0.15, 0.2) is 6.10 Å². The zero-order valence-corrected chi connectivity index (χ0v) is 34.1. The van der Waals surface area contributed by atoms with Gasteiger partial charge in [-0.2, -0.15) is 0 Å². The van der Waals surface area contributed by atoms with Crippen molar-refractivity contribution in [2.75, 3.05) is 19.8 Å². The highest BCUT2D eigenvalue weighted by molar-refractivity contribution is 7.47. The lowest BCUT2D eigenvalue weighted by atomic mass is 10.0. The van der Waals surface area contributed by atoms with Gasteiger partial charge in [0, 0.05) is 12.8 Å². The van der Waals surface area contributed by atoms with Crippen molar-refractivity contribution in [3.8, 4) is 0 Å². The van der Waals surface area contributed by atoms with E-state index in [1.54, 1.807) is 0 Å². The largest absolute Gasteiger partial charge is 0.480 e. The van der Waals surface area contributed by atoms with Crippen LogP contribution in [0.5, 0.6) is 0 Å². The van der Waals surface area contributed by atoms with Crippen LogP contribution in [-0.2, 0) is 37.5 Å². The average molecular weight is 764 g/mol. The van der Waals surface area contributed by atoms with Gasteiger partial charge in [-0.3, -0.25) is 23.4 Å². The predicted molar refractivity (Wildman–Crippen MR) is 208 cm³/mol. The topological polar surface area (TPSA) is 172 Å². The molecule has 0 aromatic carbocycles. The Kier molecular flexibility index (Phi) is 35.4. The van der Waals surface area contributed by atoms with Crippen LogP contribution in [-0.4, -0.2) is 59.9 Å². The Morgan fingerprint density at radius 2 is 0.846 bits per heavy atom. The lowest BCUT2D eigenvalue weighted by molar-refractivity contribution is -0.161. The molecule has 0 aromatic heterocycles. The first-order chi connectivity index (χ1) is 25.1. The van der Waals surface area contributed by atoms with Crippen LogP contribution >= 0.6 is 7.82 Å². The lowest BCUT2D eigenvalue weighted by Gasteiger charge is -2.20. The zero-order valence-electron chi connectivity index (χ0n) is 33.2. The highest BCUT2D eigenvalue weighted by Crippen LogP contribution is 2.43. The van der Waals surface area contributed by atoms with Crippen LogP contribution in [0, 0.1) is 0 Å². The van der Waals surface area contributed by atoms with Gasteiger partial charge in [-0.25, -0.2) is 4.57 Å². The summed E-state index contributed by atoms with van der Waals surface area (Å²) < 4.78 is 32.6. The van der Waals surface area contributed by atoms with E-state index in [-0.39, 0.29) is 19.4 Å². The molecule has 0 bridgehead atoms. The molecule has 12 heteroatoms. The molecule has 0 saturated heterocycles. The fourth-order valence-corrected chi connectivity index (χ4v) is 6.79. The number of hydrogen-bond acceptors (Lipinski definition) is 9. The number of aliphatic carboxylic acids is 1. The van der Waals surface area contributed by atoms with E-state index < -0.39 is 51.1 Å². The number of carbonyl (C=O) groups excluding carboxylic acids is 2. The molecule has 0 spiro atoms. The molecule has 3 atom stereocenters. The van der Waals surface area contributed by atoms with Crippen LogP contribution in [0.3, 0.4) is 0 Å². The summed E-state index contributed by atoms with van der Waals surface area (Å²) in [5.74, 6) is -2.36. The summed E-state index contributed by atoms with van der Waals surface area (Å²) in [6, 6.07) is -1.51. The Hall–Kier alpha value is -1.52. The predicted octanol–water partition coefficient (Wildman–Crippen LogP) is 10.7. The average Bonchev–Trinajstić information content (AvgIpc) is 3.12. The number of hydrogen-bond donors (Lipinski definition) is 3. The van der Waals surface area contributed by atoms with E-state index >= 15 is 0 Å². The third kappa shape index (κ3) is 35.5. The summed E-state index contributed by atoms with van der Waals surface area (Å²) in [5, 5.41) is 8.87. The second kappa shape index (κ2) is 36.5. The molecule has 11 nitrogen and oxygen atoms in total. The summed E-state index contributed by atoms with van der Waals surface area (Å²) in [4.78, 5) is 45.8. The van der Waals surface area contributed by atoms with E-state index in [2.05, 4.69) is 18.4 Å². The molecular formula is C40H78NO10P. The molecule has 308 valence electrons. The first-order valence-corrected chi connectivity index (χ1v) is 22.6. The molecule has 0 saturated carbocycles. The van der Waals surface area contributed by atoms with Crippen molar-refractivity contribution in [3.63, 3.8) is 0 Å². The number of carboxylic acids is 1. The molecular weight excluding hydrogens is 685 g/mol. The van der Waals surface area contributed by atoms with Crippen molar-refractivity contribution in [2.24, 2.45) is 5.73 Å². The van der Waals surface area contributed by atoms with E-state index in [0.717, 1.165) is 38.5 Å². The van der Waals surface area contributed by atoms with Crippen molar-refractivity contribution in [2.45, 2.75) is 219 Å². The number of phosphoric acid groups is 1. The Morgan fingerprint density at radius 3 is 1.21 bits per heavy atom. The number of ether oxygens (including phenoxy) is 2. The van der Waals surface area contributed by atoms with Gasteiger partial charge in [0.05, 0.1) is 13.2 Å². The third-order valence-corrected chi connectivity index (χ3v) is 10.3. The number of carboxylic acid groups (broad SMARTS) is 1. The van der Waals surface area contributed by atoms with Crippen molar-refractivity contribution in [1.29, 1.82) is 0 Å². The fraction of sp³-hybridized carbons (Fsp3) is 0.925. The zero-order chi connectivity index (χ0) is 38.5. The summed E-state index contributed by atoms with van der Waals surface area (Å²) in [6.07, 6.45) is 33.1. The number of nitrogens with two attached hydrogens (primary N) is 1. The molecule has 4 N–H and O–H groups in total. The van der Waals surface area contributed by atoms with E-state index in [0.29, 0.717) is 12.8 Å². The van der Waals surface area contributed by atoms with Gasteiger partial charge in [-0.05, 0) is 12.8 Å². The fourth-order valence-electron chi connectivity index (χ4n) is 6.01. The molecule has 52 heavy (non-hydrogen) atoms. The maximum Gasteiger partial charge on any atom is 0.472 e. The van der Waals surface area contributed by atoms with Crippen LogP contribution in [0.2, 0.25) is 0 Å². The van der Waals surface area contributed by atoms with Crippen LogP contribution in [0.1, 0.15) is 206 Å². The molecule has 0 aliphatic rings. The number of carbonyl (C=O) groups is 3. The number of esters is 2. The number of rotatable bonds is 40. The standard InChI is InChI=1S/C40H78NO10P/c1-3-5-7-9-11-13-15-16-17-18-19-20-22-23-25-27-29-31-38(42)48-33-36(34-49-52(46,47)50-35-37(41)40(44)45)51-39(43)32-30-28-26-24-21-14-12-10-8-6-4-2/h36-37H,3-35,41H2,1-2H3,(H,44,45)(H,46,47)/t36-,37+/m0/s1. The van der Waals surface area contributed by atoms with Gasteiger partial charge < -0.3 is 25.2 Å². The van der Waals surface area contributed by atoms with E-state index in [9.17, 15) is 23.8 Å². The number of phosphoric ester groups is 1. The van der Waals surface area contributed by atoms with Gasteiger partial charge in [0.25, 0.3) is 0 Å². The second-order valence-electron chi connectivity index (χ2n) is 14.5. The van der Waals surface area contributed by atoms with Crippen LogP contribution in [0.4, 0.5) is 0 Å². The molecule has 1 unspecified atom stereocenters. The summed E-state index contributed by atoms with van der Waals surface area (Å²) in [6.45, 7) is 2.81. The molecule has 0 aliphatic carbocycles. The lowest BCUT2D eigenvalue weighted by Crippen LogP contribution is -2.34. The van der Waals surface area contributed by atoms with Gasteiger partial charge >= 0.3 is 25.7 Å². The second-order valence-corrected chi connectivity index (χ2v) is 15.9. The molecule has 0 aromatic rings. The van der Waals surface area contributed by atoms with Gasteiger partial charge in [-0.1, -0.05) is 181 Å². The van der Waals surface area contributed by atoms with Crippen LogP contribution < -0.4 is 5.73 Å². The van der Waals surface area contributed by atoms with E-state index in [1.165, 1.54) is 128 Å². The van der Waals surface area contributed by atoms with Gasteiger partial charge in [-0.15, -0.1) is 0 Å². The van der Waals surface area contributed by atoms with Gasteiger partial charge in [0.2, 0.25) is 0 Å². The normalized spacial score (nSPS) is 13.8. The highest BCUT2D eigenvalue weighted by atomic mass is 31.2. The summed E-state index contributed by atoms with van der Waals surface area (Å²) >= 11 is 0. The first-order valence-electron chi connectivity index (χ1n) is 21.1. The SMILES string of the molecule is CCCCCCCCCCCCCCCCCCCC(=O)OC[C@@H](COP(=O)(O)OC[C@@H](N)C(=O)O)OC(=O)CCCCCCCCCCCCC. The molecule has 0 heterocycles. The number of unbranched alkanes of at least 4 members (excludes halogenated alkanes) is 26. The minimum Gasteiger partial charge on any atom is -0.480 e. The first kappa shape index (κ1) is 50.5. The summed E-state index contributed by atoms with van der Waals surface area (Å²) in [5.41, 5.74) is 5.32. The van der Waals surface area contributed by atoms with Crippen molar-refractivity contribution >= 4 is 25.7 Å². The minimum absolute atomic E-state index is 0.168. The monoisotopic (exact) mass is 764 g/mol. The molecule has 0 radical (unpaired) electrons. The highest BCUT2D eigenvalue weighted by Gasteiger charge is 2.28. The van der Waals surface area contributed by atoms with E-state index in [1.807, 2.05) is 0 Å². The minimum atomic E-state index is -4.70. The van der Waals surface area contributed by atoms with Gasteiger partial charge in [0.1, 0.15) is 12.6 Å². The maximum absolute atomic E-state index is 12.6. The van der Waals surface area contributed by atoms with Crippen LogP contribution in [0.15, 0.2) is 0 Å². The Balaban J connectivity index is 4.29. The van der Waals surface area contributed by atoms with E-state index in [4.69, 9.17) is 24.8 Å². The Morgan fingerprint density at radius 1 is 0.519 bits per heavy atom. The smallest absolute Gasteiger partial charge is 0.472 e.